The molecule has 1 aliphatic carbocycles. The molecule has 1 heterocycles. The van der Waals surface area contributed by atoms with Crippen LogP contribution in [-0.2, 0) is 6.54 Å². The molecular formula is C24H21F2N3O2. The topological polar surface area (TPSA) is 71.1 Å². The van der Waals surface area contributed by atoms with E-state index in [2.05, 4.69) is 15.6 Å². The molecule has 0 atom stereocenters. The Kier molecular flexibility index (Phi) is 5.75. The highest BCUT2D eigenvalue weighted by atomic mass is 19.1. The minimum absolute atomic E-state index is 0.170. The summed E-state index contributed by atoms with van der Waals surface area (Å²) in [5.74, 6) is -1.52. The van der Waals surface area contributed by atoms with E-state index < -0.39 is 5.82 Å². The number of nitrogens with one attached hydrogen (secondary N) is 2. The normalized spacial score (nSPS) is 13.0. The first kappa shape index (κ1) is 20.7. The fourth-order valence-corrected chi connectivity index (χ4v) is 3.19. The van der Waals surface area contributed by atoms with Gasteiger partial charge in [-0.3, -0.25) is 14.6 Å². The van der Waals surface area contributed by atoms with E-state index >= 15 is 0 Å². The van der Waals surface area contributed by atoms with Gasteiger partial charge in [0.1, 0.15) is 11.6 Å². The number of carbonyl (C=O) groups excluding carboxylic acids is 2. The van der Waals surface area contributed by atoms with Crippen LogP contribution in [0.4, 0.5) is 8.78 Å². The number of carbonyl (C=O) groups is 2. The van der Waals surface area contributed by atoms with Crippen molar-refractivity contribution in [2.45, 2.75) is 32.4 Å². The number of rotatable bonds is 6. The molecule has 1 fully saturated rings. The largest absolute Gasteiger partial charge is 0.349 e. The Hall–Kier alpha value is -3.61. The maximum atomic E-state index is 14.4. The molecule has 31 heavy (non-hydrogen) atoms. The van der Waals surface area contributed by atoms with Crippen LogP contribution in [0.5, 0.6) is 0 Å². The third-order valence-electron chi connectivity index (χ3n) is 5.16. The third-order valence-corrected chi connectivity index (χ3v) is 5.16. The second kappa shape index (κ2) is 8.63. The Morgan fingerprint density at radius 2 is 1.84 bits per heavy atom. The van der Waals surface area contributed by atoms with Crippen molar-refractivity contribution in [3.8, 4) is 11.3 Å². The average Bonchev–Trinajstić information content (AvgIpc) is 3.58. The lowest BCUT2D eigenvalue weighted by molar-refractivity contribution is 0.0942. The second-order valence-electron chi connectivity index (χ2n) is 7.62. The summed E-state index contributed by atoms with van der Waals surface area (Å²) in [5.41, 5.74) is 2.53. The molecule has 2 amide bonds. The predicted molar refractivity (Wildman–Crippen MR) is 112 cm³/mol. The van der Waals surface area contributed by atoms with Gasteiger partial charge in [-0.2, -0.15) is 0 Å². The number of halogens is 2. The van der Waals surface area contributed by atoms with Gasteiger partial charge in [-0.05, 0) is 67.3 Å². The van der Waals surface area contributed by atoms with Gasteiger partial charge in [-0.15, -0.1) is 0 Å². The highest BCUT2D eigenvalue weighted by Gasteiger charge is 2.24. The zero-order chi connectivity index (χ0) is 22.0. The Morgan fingerprint density at radius 3 is 2.52 bits per heavy atom. The van der Waals surface area contributed by atoms with E-state index in [1.165, 1.54) is 24.4 Å². The molecule has 5 nitrogen and oxygen atoms in total. The van der Waals surface area contributed by atoms with E-state index in [4.69, 9.17) is 0 Å². The molecule has 3 aromatic rings. The molecule has 2 aromatic carbocycles. The van der Waals surface area contributed by atoms with Crippen LogP contribution in [0.15, 0.2) is 54.7 Å². The molecule has 0 radical (unpaired) electrons. The minimum atomic E-state index is -0.489. The van der Waals surface area contributed by atoms with Crippen LogP contribution in [0.25, 0.3) is 11.3 Å². The van der Waals surface area contributed by atoms with Crippen LogP contribution in [0.3, 0.4) is 0 Å². The van der Waals surface area contributed by atoms with E-state index in [1.54, 1.807) is 37.3 Å². The molecule has 4 rings (SSSR count). The lowest BCUT2D eigenvalue weighted by Crippen LogP contribution is -2.25. The smallest absolute Gasteiger partial charge is 0.253 e. The Bertz CT molecular complexity index is 1140. The molecular weight excluding hydrogens is 400 g/mol. The van der Waals surface area contributed by atoms with E-state index in [0.717, 1.165) is 12.8 Å². The molecule has 0 spiro atoms. The maximum absolute atomic E-state index is 14.4. The quantitative estimate of drug-likeness (QED) is 0.628. The van der Waals surface area contributed by atoms with Crippen molar-refractivity contribution in [3.05, 3.63) is 88.6 Å². The van der Waals surface area contributed by atoms with E-state index in [1.807, 2.05) is 0 Å². The number of benzene rings is 2. The van der Waals surface area contributed by atoms with Crippen molar-refractivity contribution in [1.82, 2.24) is 15.6 Å². The molecule has 2 N–H and O–H groups in total. The van der Waals surface area contributed by atoms with Crippen LogP contribution in [0, 0.1) is 18.6 Å². The lowest BCUT2D eigenvalue weighted by Gasteiger charge is -2.11. The Morgan fingerprint density at radius 1 is 1.03 bits per heavy atom. The predicted octanol–water partition coefficient (Wildman–Crippen LogP) is 4.16. The Balaban J connectivity index is 1.50. The average molecular weight is 421 g/mol. The first-order valence-electron chi connectivity index (χ1n) is 10.0. The third kappa shape index (κ3) is 4.94. The van der Waals surface area contributed by atoms with Crippen LogP contribution in [-0.4, -0.2) is 22.8 Å². The van der Waals surface area contributed by atoms with Gasteiger partial charge in [0.15, 0.2) is 0 Å². The molecule has 0 bridgehead atoms. The highest BCUT2D eigenvalue weighted by molar-refractivity contribution is 5.96. The summed E-state index contributed by atoms with van der Waals surface area (Å²) >= 11 is 0. The number of pyridine rings is 1. The minimum Gasteiger partial charge on any atom is -0.349 e. The highest BCUT2D eigenvalue weighted by Crippen LogP contribution is 2.26. The number of hydrogen-bond donors (Lipinski definition) is 2. The van der Waals surface area contributed by atoms with Crippen LogP contribution in [0.2, 0.25) is 0 Å². The number of amides is 2. The standard InChI is InChI=1S/C24H21F2N3O2/c1-14-20(10-17(11-21(14)26)24(31)29-19-6-7-19)22-8-5-16(13-27-22)23(30)28-12-15-3-2-4-18(25)9-15/h2-5,8-11,13,19H,6-7,12H2,1H3,(H,28,30)(H,29,31). The fraction of sp³-hybridized carbons (Fsp3) is 0.208. The molecule has 1 aliphatic rings. The lowest BCUT2D eigenvalue weighted by atomic mass is 10.00. The van der Waals surface area contributed by atoms with Gasteiger partial charge >= 0.3 is 0 Å². The van der Waals surface area contributed by atoms with Gasteiger partial charge in [0.05, 0.1) is 11.3 Å². The maximum Gasteiger partial charge on any atom is 0.253 e. The van der Waals surface area contributed by atoms with Gasteiger partial charge in [0.25, 0.3) is 11.8 Å². The van der Waals surface area contributed by atoms with Crippen LogP contribution < -0.4 is 10.6 Å². The molecule has 0 unspecified atom stereocenters. The SMILES string of the molecule is Cc1c(F)cc(C(=O)NC2CC2)cc1-c1ccc(C(=O)NCc2cccc(F)c2)cn1. The summed E-state index contributed by atoms with van der Waals surface area (Å²) in [7, 11) is 0. The van der Waals surface area contributed by atoms with E-state index in [9.17, 15) is 18.4 Å². The van der Waals surface area contributed by atoms with Crippen molar-refractivity contribution in [2.24, 2.45) is 0 Å². The van der Waals surface area contributed by atoms with Crippen LogP contribution in [0.1, 0.15) is 44.7 Å². The Labute approximate surface area is 178 Å². The summed E-state index contributed by atoms with van der Waals surface area (Å²) in [6, 6.07) is 12.2. The van der Waals surface area contributed by atoms with E-state index in [0.29, 0.717) is 27.9 Å². The molecule has 158 valence electrons. The monoisotopic (exact) mass is 421 g/mol. The van der Waals surface area contributed by atoms with Gasteiger partial charge < -0.3 is 10.6 Å². The van der Waals surface area contributed by atoms with Crippen molar-refractivity contribution >= 4 is 11.8 Å². The molecule has 0 aliphatic heterocycles. The summed E-state index contributed by atoms with van der Waals surface area (Å²) in [5, 5.41) is 5.56. The first-order chi connectivity index (χ1) is 14.9. The van der Waals surface area contributed by atoms with Gasteiger partial charge in [-0.1, -0.05) is 12.1 Å². The van der Waals surface area contributed by atoms with Crippen molar-refractivity contribution < 1.29 is 18.4 Å². The van der Waals surface area contributed by atoms with Gasteiger partial charge in [-0.25, -0.2) is 8.78 Å². The van der Waals surface area contributed by atoms with Crippen molar-refractivity contribution in [1.29, 1.82) is 0 Å². The van der Waals surface area contributed by atoms with E-state index in [-0.39, 0.29) is 35.8 Å². The van der Waals surface area contributed by atoms with Gasteiger partial charge in [0, 0.05) is 29.9 Å². The zero-order valence-electron chi connectivity index (χ0n) is 16.9. The zero-order valence-corrected chi connectivity index (χ0v) is 16.9. The summed E-state index contributed by atoms with van der Waals surface area (Å²) in [4.78, 5) is 29.0. The molecule has 0 saturated heterocycles. The molecule has 1 saturated carbocycles. The molecule has 1 aromatic heterocycles. The second-order valence-corrected chi connectivity index (χ2v) is 7.62. The summed E-state index contributed by atoms with van der Waals surface area (Å²) in [6.07, 6.45) is 3.28. The number of aromatic nitrogens is 1. The van der Waals surface area contributed by atoms with Crippen molar-refractivity contribution in [3.63, 3.8) is 0 Å². The number of hydrogen-bond acceptors (Lipinski definition) is 3. The fourth-order valence-electron chi connectivity index (χ4n) is 3.19. The first-order valence-corrected chi connectivity index (χ1v) is 10.0. The molecule has 7 heteroatoms. The van der Waals surface area contributed by atoms with Crippen LogP contribution >= 0.6 is 0 Å². The summed E-state index contributed by atoms with van der Waals surface area (Å²) in [6.45, 7) is 1.80. The van der Waals surface area contributed by atoms with Crippen molar-refractivity contribution in [2.75, 3.05) is 0 Å². The number of nitrogens with zero attached hydrogens (tertiary/aromatic N) is 1. The summed E-state index contributed by atoms with van der Waals surface area (Å²) < 4.78 is 27.7. The van der Waals surface area contributed by atoms with Gasteiger partial charge in [0.2, 0.25) is 0 Å².